The molecule has 0 aliphatic heterocycles. The van der Waals surface area contributed by atoms with Crippen LogP contribution in [0.3, 0.4) is 0 Å². The van der Waals surface area contributed by atoms with Crippen molar-refractivity contribution < 1.29 is 29.3 Å². The highest BCUT2D eigenvalue weighted by atomic mass is 16.5. The number of benzene rings is 7. The average molecular weight is 781 g/mol. The summed E-state index contributed by atoms with van der Waals surface area (Å²) in [6, 6.07) is 51.7. The highest BCUT2D eigenvalue weighted by molar-refractivity contribution is 6.13. The van der Waals surface area contributed by atoms with Crippen LogP contribution in [0.5, 0.6) is 28.7 Å². The molecule has 0 fully saturated rings. The second kappa shape index (κ2) is 16.1. The highest BCUT2D eigenvalue weighted by Crippen LogP contribution is 2.36. The molecule has 0 saturated carbocycles. The Morgan fingerprint density at radius 1 is 0.390 bits per heavy atom. The second-order valence-corrected chi connectivity index (χ2v) is 16.4. The Kier molecular flexibility index (Phi) is 11.0. The van der Waals surface area contributed by atoms with Crippen molar-refractivity contribution in [1.82, 2.24) is 0 Å². The summed E-state index contributed by atoms with van der Waals surface area (Å²) in [6.07, 6.45) is 0. The monoisotopic (exact) mass is 780 g/mol. The molecule has 0 saturated heterocycles. The Bertz CT molecular complexity index is 2560. The minimum Gasteiger partial charge on any atom is -0.508 e. The number of phenols is 2. The fourth-order valence-electron chi connectivity index (χ4n) is 7.29. The van der Waals surface area contributed by atoms with Gasteiger partial charge in [0.2, 0.25) is 0 Å². The van der Waals surface area contributed by atoms with Gasteiger partial charge in [-0.1, -0.05) is 119 Å². The van der Waals surface area contributed by atoms with Crippen molar-refractivity contribution in [2.75, 3.05) is 0 Å². The number of phenolic OH excluding ortho intramolecular Hbond substituents is 2. The van der Waals surface area contributed by atoms with E-state index in [9.17, 15) is 19.8 Å². The van der Waals surface area contributed by atoms with E-state index in [0.29, 0.717) is 33.8 Å². The minimum atomic E-state index is -0.681. The number of ketones is 2. The Balaban J connectivity index is 0.971. The number of hydrogen-bond donors (Lipinski definition) is 2. The zero-order valence-corrected chi connectivity index (χ0v) is 34.2. The van der Waals surface area contributed by atoms with Crippen LogP contribution in [0.15, 0.2) is 170 Å². The molecule has 0 atom stereocenters. The fraction of sp³-hybridized carbons (Fsp3) is 0.170. The normalized spacial score (nSPS) is 11.8. The molecule has 6 nitrogen and oxygen atoms in total. The fourth-order valence-corrected chi connectivity index (χ4v) is 7.29. The molecule has 7 aromatic rings. The zero-order chi connectivity index (χ0) is 42.0. The lowest BCUT2D eigenvalue weighted by molar-refractivity contribution is 0.103. The van der Waals surface area contributed by atoms with Crippen LogP contribution < -0.4 is 9.47 Å². The van der Waals surface area contributed by atoms with E-state index >= 15 is 0 Å². The number of ether oxygens (including phenoxy) is 2. The maximum Gasteiger partial charge on any atom is 0.193 e. The smallest absolute Gasteiger partial charge is 0.193 e. The molecule has 59 heavy (non-hydrogen) atoms. The van der Waals surface area contributed by atoms with Gasteiger partial charge in [0.15, 0.2) is 11.6 Å². The van der Waals surface area contributed by atoms with E-state index < -0.39 is 5.60 Å². The summed E-state index contributed by atoms with van der Waals surface area (Å²) in [4.78, 5) is 27.2. The van der Waals surface area contributed by atoms with Gasteiger partial charge in [-0.05, 0) is 121 Å². The molecule has 0 spiro atoms. The van der Waals surface area contributed by atoms with Gasteiger partial charge in [-0.15, -0.1) is 0 Å². The Morgan fingerprint density at radius 2 is 0.712 bits per heavy atom. The van der Waals surface area contributed by atoms with Crippen molar-refractivity contribution in [2.45, 2.75) is 58.0 Å². The van der Waals surface area contributed by atoms with Gasteiger partial charge in [0.25, 0.3) is 0 Å². The van der Waals surface area contributed by atoms with Gasteiger partial charge < -0.3 is 19.7 Å². The van der Waals surface area contributed by atoms with E-state index in [1.807, 2.05) is 86.6 Å². The number of hydrogen-bond acceptors (Lipinski definition) is 6. The third-order valence-corrected chi connectivity index (χ3v) is 11.3. The third kappa shape index (κ3) is 8.82. The van der Waals surface area contributed by atoms with Crippen LogP contribution in [0, 0.1) is 0 Å². The first kappa shape index (κ1) is 40.3. The predicted octanol–water partition coefficient (Wildman–Crippen LogP) is 12.3. The largest absolute Gasteiger partial charge is 0.508 e. The summed E-state index contributed by atoms with van der Waals surface area (Å²) in [5.41, 5.74) is 5.95. The number of carbonyl (C=O) groups excluding carboxylic acids is 2. The van der Waals surface area contributed by atoms with Crippen molar-refractivity contribution in [3.63, 3.8) is 0 Å². The molecule has 0 aliphatic rings. The van der Waals surface area contributed by atoms with E-state index in [1.165, 1.54) is 0 Å². The molecule has 0 amide bonds. The Morgan fingerprint density at radius 3 is 1.12 bits per heavy atom. The summed E-state index contributed by atoms with van der Waals surface area (Å²) in [7, 11) is 0. The molecule has 6 heteroatoms. The maximum atomic E-state index is 13.6. The van der Waals surface area contributed by atoms with Crippen molar-refractivity contribution in [2.24, 2.45) is 0 Å². The van der Waals surface area contributed by atoms with Crippen molar-refractivity contribution in [3.8, 4) is 28.7 Å². The van der Waals surface area contributed by atoms with Gasteiger partial charge in [0, 0.05) is 33.1 Å². The lowest BCUT2D eigenvalue weighted by atomic mass is 9.78. The van der Waals surface area contributed by atoms with Gasteiger partial charge >= 0.3 is 0 Å². The van der Waals surface area contributed by atoms with Crippen LogP contribution in [0.4, 0.5) is 0 Å². The molecule has 296 valence electrons. The zero-order valence-electron chi connectivity index (χ0n) is 34.2. The summed E-state index contributed by atoms with van der Waals surface area (Å²) in [6.45, 7) is 12.6. The molecule has 7 aromatic carbocycles. The number of aromatic hydroxyl groups is 2. The van der Waals surface area contributed by atoms with Crippen molar-refractivity contribution in [3.05, 3.63) is 220 Å². The lowest BCUT2D eigenvalue weighted by Crippen LogP contribution is -2.25. The average Bonchev–Trinajstić information content (AvgIpc) is 3.24. The molecule has 0 radical (unpaired) electrons. The van der Waals surface area contributed by atoms with Crippen LogP contribution in [-0.2, 0) is 16.4 Å². The summed E-state index contributed by atoms with van der Waals surface area (Å²) < 4.78 is 12.5. The molecular weight excluding hydrogens is 733 g/mol. The Labute approximate surface area is 346 Å². The lowest BCUT2D eigenvalue weighted by Gasteiger charge is -2.29. The van der Waals surface area contributed by atoms with E-state index in [4.69, 9.17) is 9.47 Å². The van der Waals surface area contributed by atoms with E-state index in [-0.39, 0.29) is 33.9 Å². The summed E-state index contributed by atoms with van der Waals surface area (Å²) in [5.74, 6) is 2.09. The van der Waals surface area contributed by atoms with Gasteiger partial charge in [0.1, 0.15) is 34.3 Å². The summed E-state index contributed by atoms with van der Waals surface area (Å²) >= 11 is 0. The molecule has 0 aromatic heterocycles. The second-order valence-electron chi connectivity index (χ2n) is 16.4. The molecule has 0 aliphatic carbocycles. The first-order chi connectivity index (χ1) is 28.1. The van der Waals surface area contributed by atoms with Crippen LogP contribution in [-0.4, -0.2) is 21.8 Å². The SMILES string of the molecule is CC(C)(Oc1ccc(C(C)(C)c2ccc(O)cc2)cc1)c1ccc(C(=O)c2cccc(C(=O)c3ccc(Oc4ccc(C(C)(C)c5ccc(O)cc5)cc4)cc3)c2)cc1. The van der Waals surface area contributed by atoms with Crippen LogP contribution in [0.2, 0.25) is 0 Å². The summed E-state index contributed by atoms with van der Waals surface area (Å²) in [5, 5.41) is 19.4. The van der Waals surface area contributed by atoms with Gasteiger partial charge in [-0.3, -0.25) is 9.59 Å². The van der Waals surface area contributed by atoms with Crippen molar-refractivity contribution >= 4 is 11.6 Å². The quantitative estimate of drug-likeness (QED) is 0.113. The van der Waals surface area contributed by atoms with Crippen molar-refractivity contribution in [1.29, 1.82) is 0 Å². The standard InChI is InChI=1S/C53H48O6/c1-51(2,39-16-24-44(54)25-17-39)41-20-30-47(31-21-41)58-46-28-12-36(13-29-46)50(57)38-9-7-8-37(34-38)49(56)35-10-14-43(15-11-35)53(5,6)59-48-32-22-42(23-33-48)52(3,4)40-18-26-45(55)27-19-40/h7-34,54-55H,1-6H3. The molecule has 0 bridgehead atoms. The molecule has 2 N–H and O–H groups in total. The first-order valence-electron chi connectivity index (χ1n) is 19.7. The van der Waals surface area contributed by atoms with Crippen LogP contribution in [0.25, 0.3) is 0 Å². The maximum absolute atomic E-state index is 13.6. The Hall–Kier alpha value is -6.92. The first-order valence-corrected chi connectivity index (χ1v) is 19.7. The van der Waals surface area contributed by atoms with E-state index in [0.717, 1.165) is 33.6 Å². The molecule has 0 heterocycles. The van der Waals surface area contributed by atoms with E-state index in [2.05, 4.69) is 39.8 Å². The predicted molar refractivity (Wildman–Crippen MR) is 233 cm³/mol. The minimum absolute atomic E-state index is 0.182. The molecular formula is C53H48O6. The van der Waals surface area contributed by atoms with Gasteiger partial charge in [-0.25, -0.2) is 0 Å². The van der Waals surface area contributed by atoms with E-state index in [1.54, 1.807) is 84.9 Å². The third-order valence-electron chi connectivity index (χ3n) is 11.3. The molecule has 7 rings (SSSR count). The molecule has 0 unspecified atom stereocenters. The van der Waals surface area contributed by atoms with Crippen LogP contribution >= 0.6 is 0 Å². The number of carbonyl (C=O) groups is 2. The number of rotatable bonds is 13. The van der Waals surface area contributed by atoms with Gasteiger partial charge in [0.05, 0.1) is 0 Å². The van der Waals surface area contributed by atoms with Gasteiger partial charge in [-0.2, -0.15) is 0 Å². The van der Waals surface area contributed by atoms with Crippen LogP contribution in [0.1, 0.15) is 101 Å². The topological polar surface area (TPSA) is 93.1 Å². The highest BCUT2D eigenvalue weighted by Gasteiger charge is 2.27.